The first-order valence-electron chi connectivity index (χ1n) is 7.03. The number of hydrogen-bond acceptors (Lipinski definition) is 6. The van der Waals surface area contributed by atoms with Crippen molar-refractivity contribution in [1.29, 1.82) is 5.26 Å². The molecule has 0 aromatic carbocycles. The Balaban J connectivity index is 2.02. The van der Waals surface area contributed by atoms with Crippen LogP contribution in [0.1, 0.15) is 12.5 Å². The number of rotatable bonds is 2. The van der Waals surface area contributed by atoms with E-state index in [4.69, 9.17) is 5.26 Å². The van der Waals surface area contributed by atoms with E-state index < -0.39 is 17.7 Å². The van der Waals surface area contributed by atoms with Crippen LogP contribution in [-0.2, 0) is 7.05 Å². The molecular formula is C15H11F3N4O2S. The molecule has 0 fully saturated rings. The van der Waals surface area contributed by atoms with E-state index in [1.807, 2.05) is 13.0 Å². The summed E-state index contributed by atoms with van der Waals surface area (Å²) in [6, 6.07) is 5.88. The van der Waals surface area contributed by atoms with E-state index in [1.54, 1.807) is 11.9 Å². The maximum Gasteiger partial charge on any atom is 0.573 e. The summed E-state index contributed by atoms with van der Waals surface area (Å²) in [6.07, 6.45) is -3.81. The molecule has 25 heavy (non-hydrogen) atoms. The van der Waals surface area contributed by atoms with Crippen molar-refractivity contribution in [3.8, 4) is 11.8 Å². The molecular weight excluding hydrogens is 357 g/mol. The van der Waals surface area contributed by atoms with E-state index in [2.05, 4.69) is 9.72 Å². The minimum absolute atomic E-state index is 0.0158. The summed E-state index contributed by atoms with van der Waals surface area (Å²) in [7, 11) is 1.57. The Morgan fingerprint density at radius 1 is 1.40 bits per heavy atom. The highest BCUT2D eigenvalue weighted by atomic mass is 32.2. The molecule has 6 nitrogen and oxygen atoms in total. The van der Waals surface area contributed by atoms with Gasteiger partial charge in [-0.1, -0.05) is 11.8 Å². The predicted molar refractivity (Wildman–Crippen MR) is 84.8 cm³/mol. The van der Waals surface area contributed by atoms with Crippen molar-refractivity contribution in [2.75, 3.05) is 4.90 Å². The smallest absolute Gasteiger partial charge is 0.404 e. The van der Waals surface area contributed by atoms with Crippen LogP contribution >= 0.6 is 11.8 Å². The molecule has 0 saturated carbocycles. The third-order valence-electron chi connectivity index (χ3n) is 3.57. The fourth-order valence-electron chi connectivity index (χ4n) is 2.53. The van der Waals surface area contributed by atoms with Crippen LogP contribution < -0.4 is 15.2 Å². The van der Waals surface area contributed by atoms with Gasteiger partial charge in [0.05, 0.1) is 17.3 Å². The molecule has 3 heterocycles. The van der Waals surface area contributed by atoms with Crippen LogP contribution in [0.25, 0.3) is 0 Å². The summed E-state index contributed by atoms with van der Waals surface area (Å²) < 4.78 is 41.9. The molecule has 3 rings (SSSR count). The van der Waals surface area contributed by atoms with Crippen LogP contribution in [0.2, 0.25) is 0 Å². The zero-order valence-electron chi connectivity index (χ0n) is 13.0. The molecule has 0 radical (unpaired) electrons. The monoisotopic (exact) mass is 368 g/mol. The fourth-order valence-corrected chi connectivity index (χ4v) is 3.69. The van der Waals surface area contributed by atoms with Crippen molar-refractivity contribution in [3.63, 3.8) is 0 Å². The van der Waals surface area contributed by atoms with Crippen LogP contribution in [0.3, 0.4) is 0 Å². The SMILES string of the molecule is CC1Sc2c(cc(C#N)c(=O)n2C)N1c1ccc(OC(F)(F)F)cn1. The summed E-state index contributed by atoms with van der Waals surface area (Å²) in [6.45, 7) is 1.86. The first-order valence-corrected chi connectivity index (χ1v) is 7.91. The Kier molecular flexibility index (Phi) is 4.12. The van der Waals surface area contributed by atoms with E-state index in [-0.39, 0.29) is 10.9 Å². The van der Waals surface area contributed by atoms with E-state index >= 15 is 0 Å². The van der Waals surface area contributed by atoms with Gasteiger partial charge in [-0.05, 0) is 25.1 Å². The van der Waals surface area contributed by atoms with E-state index in [9.17, 15) is 18.0 Å². The van der Waals surface area contributed by atoms with Gasteiger partial charge in [0.15, 0.2) is 0 Å². The van der Waals surface area contributed by atoms with Crippen LogP contribution in [0.15, 0.2) is 34.2 Å². The number of pyridine rings is 2. The molecule has 0 N–H and O–H groups in total. The molecule has 0 amide bonds. The van der Waals surface area contributed by atoms with Crippen LogP contribution in [0, 0.1) is 11.3 Å². The van der Waals surface area contributed by atoms with Crippen molar-refractivity contribution >= 4 is 23.3 Å². The fraction of sp³-hybridized carbons (Fsp3) is 0.267. The molecule has 0 spiro atoms. The number of nitrogens with zero attached hydrogens (tertiary/aromatic N) is 4. The molecule has 130 valence electrons. The Hall–Kier alpha value is -2.67. The third kappa shape index (κ3) is 3.15. The van der Waals surface area contributed by atoms with Gasteiger partial charge < -0.3 is 14.2 Å². The number of fused-ring (bicyclic) bond motifs is 1. The number of halogens is 3. The van der Waals surface area contributed by atoms with Gasteiger partial charge in [0.1, 0.15) is 28.2 Å². The second-order valence-electron chi connectivity index (χ2n) is 5.21. The van der Waals surface area contributed by atoms with E-state index in [0.29, 0.717) is 16.5 Å². The number of anilines is 2. The number of aromatic nitrogens is 2. The largest absolute Gasteiger partial charge is 0.573 e. The van der Waals surface area contributed by atoms with Gasteiger partial charge in [0, 0.05) is 7.05 Å². The Bertz CT molecular complexity index is 919. The Labute approximate surface area is 144 Å². The zero-order chi connectivity index (χ0) is 18.4. The standard InChI is InChI=1S/C15H11F3N4O2S/c1-8-22(12-4-3-10(7-20-12)24-15(16,17)18)11-5-9(6-19)13(23)21(2)14(11)25-8/h3-5,7-8H,1-2H3. The molecule has 1 atom stereocenters. The summed E-state index contributed by atoms with van der Waals surface area (Å²) >= 11 is 1.40. The first kappa shape index (κ1) is 17.2. The first-order chi connectivity index (χ1) is 11.7. The van der Waals surface area contributed by atoms with Crippen LogP contribution in [-0.4, -0.2) is 21.3 Å². The van der Waals surface area contributed by atoms with Crippen molar-refractivity contribution in [1.82, 2.24) is 9.55 Å². The van der Waals surface area contributed by atoms with Gasteiger partial charge in [-0.15, -0.1) is 13.2 Å². The number of ether oxygens (including phenoxy) is 1. The average Bonchev–Trinajstić information content (AvgIpc) is 2.86. The Morgan fingerprint density at radius 2 is 2.12 bits per heavy atom. The Morgan fingerprint density at radius 3 is 2.68 bits per heavy atom. The molecule has 10 heteroatoms. The van der Waals surface area contributed by atoms with E-state index in [1.165, 1.54) is 34.5 Å². The van der Waals surface area contributed by atoms with Gasteiger partial charge in [0.2, 0.25) is 0 Å². The average molecular weight is 368 g/mol. The molecule has 0 aliphatic carbocycles. The minimum Gasteiger partial charge on any atom is -0.404 e. The molecule has 2 aromatic rings. The van der Waals surface area contributed by atoms with Crippen LogP contribution in [0.5, 0.6) is 5.75 Å². The highest BCUT2D eigenvalue weighted by Gasteiger charge is 2.33. The maximum atomic E-state index is 12.2. The third-order valence-corrected chi connectivity index (χ3v) is 4.82. The van der Waals surface area contributed by atoms with Crippen LogP contribution in [0.4, 0.5) is 24.7 Å². The summed E-state index contributed by atoms with van der Waals surface area (Å²) in [4.78, 5) is 17.8. The second-order valence-corrected chi connectivity index (χ2v) is 6.52. The van der Waals surface area contributed by atoms with E-state index in [0.717, 1.165) is 6.20 Å². The molecule has 0 saturated heterocycles. The minimum atomic E-state index is -4.79. The highest BCUT2D eigenvalue weighted by Crippen LogP contribution is 2.46. The van der Waals surface area contributed by atoms with Crippen molar-refractivity contribution < 1.29 is 17.9 Å². The maximum absolute atomic E-state index is 12.2. The van der Waals surface area contributed by atoms with Gasteiger partial charge in [0.25, 0.3) is 5.56 Å². The highest BCUT2D eigenvalue weighted by molar-refractivity contribution is 8.00. The molecule has 2 aromatic heterocycles. The van der Waals surface area contributed by atoms with Gasteiger partial charge >= 0.3 is 6.36 Å². The molecule has 1 aliphatic rings. The number of hydrogen-bond donors (Lipinski definition) is 0. The predicted octanol–water partition coefficient (Wildman–Crippen LogP) is 3.14. The topological polar surface area (TPSA) is 71.2 Å². The van der Waals surface area contributed by atoms with Crippen molar-refractivity contribution in [2.45, 2.75) is 23.7 Å². The number of nitriles is 1. The lowest BCUT2D eigenvalue weighted by atomic mass is 10.2. The summed E-state index contributed by atoms with van der Waals surface area (Å²) in [5, 5.41) is 9.62. The molecule has 0 bridgehead atoms. The van der Waals surface area contributed by atoms with Gasteiger partial charge in [-0.25, -0.2) is 4.98 Å². The summed E-state index contributed by atoms with van der Waals surface area (Å²) in [5.41, 5.74) is 0.191. The molecule has 1 unspecified atom stereocenters. The normalized spacial score (nSPS) is 16.5. The summed E-state index contributed by atoms with van der Waals surface area (Å²) in [5.74, 6) is -0.0371. The lowest BCUT2D eigenvalue weighted by Gasteiger charge is -2.22. The lowest BCUT2D eigenvalue weighted by Crippen LogP contribution is -2.24. The van der Waals surface area contributed by atoms with Gasteiger partial charge in [-0.2, -0.15) is 5.26 Å². The van der Waals surface area contributed by atoms with Crippen molar-refractivity contribution in [3.05, 3.63) is 40.3 Å². The lowest BCUT2D eigenvalue weighted by molar-refractivity contribution is -0.274. The molecule has 1 aliphatic heterocycles. The number of alkyl halides is 3. The quantitative estimate of drug-likeness (QED) is 0.811. The van der Waals surface area contributed by atoms with Gasteiger partial charge in [-0.3, -0.25) is 4.79 Å². The second kappa shape index (κ2) is 6.00. The number of thioether (sulfide) groups is 1. The van der Waals surface area contributed by atoms with Crippen molar-refractivity contribution in [2.24, 2.45) is 7.05 Å². The zero-order valence-corrected chi connectivity index (χ0v) is 13.9.